The molecule has 0 fully saturated rings. The van der Waals surface area contributed by atoms with Gasteiger partial charge in [0, 0.05) is 17.0 Å². The number of carbonyl (C=O) groups is 1. The number of aromatic nitrogens is 2. The van der Waals surface area contributed by atoms with E-state index in [2.05, 4.69) is 20.5 Å². The average molecular weight is 384 g/mol. The zero-order chi connectivity index (χ0) is 19.2. The Morgan fingerprint density at radius 3 is 2.59 bits per heavy atom. The van der Waals surface area contributed by atoms with E-state index < -0.39 is 0 Å². The molecule has 1 amide bonds. The molecule has 0 saturated heterocycles. The van der Waals surface area contributed by atoms with Crippen molar-refractivity contribution in [3.63, 3.8) is 0 Å². The summed E-state index contributed by atoms with van der Waals surface area (Å²) in [5.74, 6) is 0.632. The molecule has 3 aromatic rings. The number of amides is 1. The number of hydrazone groups is 1. The van der Waals surface area contributed by atoms with Crippen molar-refractivity contribution < 1.29 is 13.6 Å². The minimum absolute atomic E-state index is 0.152. The highest BCUT2D eigenvalue weighted by Crippen LogP contribution is 2.21. The molecule has 6 nitrogen and oxygen atoms in total. The number of nitrogens with zero attached hydrogens (tertiary/aromatic N) is 3. The standard InChI is InChI=1S/C19H17FN4O2S/c1-12-9-13(2)23-19(22-12)27-11-18(25)24-21-10-16-7-8-17(26-16)14-3-5-15(20)6-4-14/h3-10H,11H2,1-2H3,(H,24,25)/b21-10-. The van der Waals surface area contributed by atoms with Crippen LogP contribution >= 0.6 is 11.8 Å². The normalized spacial score (nSPS) is 11.1. The third-order valence-corrected chi connectivity index (χ3v) is 4.28. The van der Waals surface area contributed by atoms with Crippen LogP contribution in [0.1, 0.15) is 17.1 Å². The van der Waals surface area contributed by atoms with Gasteiger partial charge in [-0.25, -0.2) is 19.8 Å². The Kier molecular flexibility index (Phi) is 5.97. The molecule has 138 valence electrons. The number of carbonyl (C=O) groups excluding carboxylic acids is 1. The number of benzene rings is 1. The molecule has 0 saturated carbocycles. The highest BCUT2D eigenvalue weighted by molar-refractivity contribution is 7.99. The maximum Gasteiger partial charge on any atom is 0.250 e. The number of aryl methyl sites for hydroxylation is 2. The summed E-state index contributed by atoms with van der Waals surface area (Å²) in [7, 11) is 0. The number of thioether (sulfide) groups is 1. The monoisotopic (exact) mass is 384 g/mol. The van der Waals surface area contributed by atoms with Crippen LogP contribution in [0, 0.1) is 19.7 Å². The predicted molar refractivity (Wildman–Crippen MR) is 102 cm³/mol. The van der Waals surface area contributed by atoms with Crippen LogP contribution in [0.5, 0.6) is 0 Å². The first-order chi connectivity index (χ1) is 13.0. The van der Waals surface area contributed by atoms with E-state index in [1.54, 1.807) is 24.3 Å². The molecule has 2 aromatic heterocycles. The first kappa shape index (κ1) is 18.8. The molecule has 0 radical (unpaired) electrons. The zero-order valence-electron chi connectivity index (χ0n) is 14.8. The van der Waals surface area contributed by atoms with Crippen molar-refractivity contribution in [1.82, 2.24) is 15.4 Å². The topological polar surface area (TPSA) is 80.4 Å². The van der Waals surface area contributed by atoms with Crippen LogP contribution in [0.15, 0.2) is 57.1 Å². The van der Waals surface area contributed by atoms with Gasteiger partial charge in [0.15, 0.2) is 5.16 Å². The summed E-state index contributed by atoms with van der Waals surface area (Å²) in [6.07, 6.45) is 1.41. The van der Waals surface area contributed by atoms with Crippen LogP contribution in [0.2, 0.25) is 0 Å². The first-order valence-electron chi connectivity index (χ1n) is 8.12. The number of nitrogens with one attached hydrogen (secondary N) is 1. The molecule has 0 spiro atoms. The molecule has 1 N–H and O–H groups in total. The Bertz CT molecular complexity index is 950. The lowest BCUT2D eigenvalue weighted by Gasteiger charge is -2.02. The Balaban J connectivity index is 1.51. The van der Waals surface area contributed by atoms with Gasteiger partial charge in [-0.15, -0.1) is 0 Å². The van der Waals surface area contributed by atoms with Crippen molar-refractivity contribution >= 4 is 23.9 Å². The predicted octanol–water partition coefficient (Wildman–Crippen LogP) is 3.73. The molecule has 3 rings (SSSR count). The van der Waals surface area contributed by atoms with E-state index in [4.69, 9.17) is 4.42 Å². The molecule has 8 heteroatoms. The lowest BCUT2D eigenvalue weighted by Crippen LogP contribution is -2.19. The van der Waals surface area contributed by atoms with E-state index in [9.17, 15) is 9.18 Å². The summed E-state index contributed by atoms with van der Waals surface area (Å²) in [5.41, 5.74) is 4.91. The highest BCUT2D eigenvalue weighted by atomic mass is 32.2. The molecule has 0 atom stereocenters. The van der Waals surface area contributed by atoms with Gasteiger partial charge < -0.3 is 4.42 Å². The molecule has 27 heavy (non-hydrogen) atoms. The summed E-state index contributed by atoms with van der Waals surface area (Å²) in [4.78, 5) is 20.4. The quantitative estimate of drug-likeness (QED) is 0.303. The van der Waals surface area contributed by atoms with Crippen LogP contribution in [0.4, 0.5) is 4.39 Å². The van der Waals surface area contributed by atoms with Gasteiger partial charge >= 0.3 is 0 Å². The lowest BCUT2D eigenvalue weighted by atomic mass is 10.2. The number of furan rings is 1. The van der Waals surface area contributed by atoms with E-state index in [-0.39, 0.29) is 17.5 Å². The van der Waals surface area contributed by atoms with Crippen LogP contribution in [-0.4, -0.2) is 27.8 Å². The minimum Gasteiger partial charge on any atom is -0.455 e. The number of rotatable bonds is 6. The Morgan fingerprint density at radius 1 is 1.19 bits per heavy atom. The largest absolute Gasteiger partial charge is 0.455 e. The smallest absolute Gasteiger partial charge is 0.250 e. The fourth-order valence-corrected chi connectivity index (χ4v) is 3.02. The molecule has 1 aromatic carbocycles. The first-order valence-corrected chi connectivity index (χ1v) is 9.11. The summed E-state index contributed by atoms with van der Waals surface area (Å²) in [6, 6.07) is 11.3. The Hall–Kier alpha value is -3.00. The summed E-state index contributed by atoms with van der Waals surface area (Å²) in [5, 5.41) is 4.43. The fourth-order valence-electron chi connectivity index (χ4n) is 2.28. The highest BCUT2D eigenvalue weighted by Gasteiger charge is 2.06. The van der Waals surface area contributed by atoms with Gasteiger partial charge in [-0.05, 0) is 56.3 Å². The molecule has 0 unspecified atom stereocenters. The second kappa shape index (κ2) is 8.59. The Morgan fingerprint density at radius 2 is 1.89 bits per heavy atom. The van der Waals surface area contributed by atoms with E-state index in [0.717, 1.165) is 17.0 Å². The maximum atomic E-state index is 13.0. The van der Waals surface area contributed by atoms with Gasteiger partial charge in [0.2, 0.25) is 0 Å². The summed E-state index contributed by atoms with van der Waals surface area (Å²) < 4.78 is 18.6. The second-order valence-electron chi connectivity index (χ2n) is 5.72. The average Bonchev–Trinajstić information content (AvgIpc) is 3.09. The van der Waals surface area contributed by atoms with Gasteiger partial charge in [0.1, 0.15) is 17.3 Å². The number of hydrogen-bond acceptors (Lipinski definition) is 6. The molecule has 0 aliphatic rings. The van der Waals surface area contributed by atoms with Crippen molar-refractivity contribution in [1.29, 1.82) is 0 Å². The van der Waals surface area contributed by atoms with Gasteiger partial charge in [-0.3, -0.25) is 4.79 Å². The van der Waals surface area contributed by atoms with Crippen molar-refractivity contribution in [3.8, 4) is 11.3 Å². The molecule has 2 heterocycles. The molecular formula is C19H17FN4O2S. The van der Waals surface area contributed by atoms with Gasteiger partial charge in [-0.2, -0.15) is 5.10 Å². The van der Waals surface area contributed by atoms with Gasteiger partial charge in [0.05, 0.1) is 12.0 Å². The van der Waals surface area contributed by atoms with Gasteiger partial charge in [0.25, 0.3) is 5.91 Å². The van der Waals surface area contributed by atoms with E-state index in [0.29, 0.717) is 16.7 Å². The fraction of sp³-hybridized carbons (Fsp3) is 0.158. The number of halogens is 1. The number of hydrogen-bond donors (Lipinski definition) is 1. The van der Waals surface area contributed by atoms with E-state index >= 15 is 0 Å². The Labute approximate surface area is 159 Å². The zero-order valence-corrected chi connectivity index (χ0v) is 15.6. The lowest BCUT2D eigenvalue weighted by molar-refractivity contribution is -0.118. The minimum atomic E-state index is -0.307. The van der Waals surface area contributed by atoms with Crippen molar-refractivity contribution in [3.05, 3.63) is 65.4 Å². The molecule has 0 aliphatic heterocycles. The third-order valence-electron chi connectivity index (χ3n) is 3.43. The van der Waals surface area contributed by atoms with Crippen LogP contribution in [0.3, 0.4) is 0 Å². The molecule has 0 bridgehead atoms. The SMILES string of the molecule is Cc1cc(C)nc(SCC(=O)N/N=C\c2ccc(-c3ccc(F)cc3)o2)n1. The molecule has 0 aliphatic carbocycles. The van der Waals surface area contributed by atoms with Crippen molar-refractivity contribution in [2.24, 2.45) is 5.10 Å². The van der Waals surface area contributed by atoms with Crippen molar-refractivity contribution in [2.75, 3.05) is 5.75 Å². The van der Waals surface area contributed by atoms with Crippen LogP contribution < -0.4 is 5.43 Å². The van der Waals surface area contributed by atoms with Gasteiger partial charge in [-0.1, -0.05) is 11.8 Å². The molecular weight excluding hydrogens is 367 g/mol. The maximum absolute atomic E-state index is 13.0. The van der Waals surface area contributed by atoms with Crippen molar-refractivity contribution in [2.45, 2.75) is 19.0 Å². The van der Waals surface area contributed by atoms with E-state index in [1.807, 2.05) is 19.9 Å². The van der Waals surface area contributed by atoms with Crippen LogP contribution in [-0.2, 0) is 4.79 Å². The van der Waals surface area contributed by atoms with Crippen LogP contribution in [0.25, 0.3) is 11.3 Å². The third kappa shape index (κ3) is 5.49. The second-order valence-corrected chi connectivity index (χ2v) is 6.67. The summed E-state index contributed by atoms with van der Waals surface area (Å²) in [6.45, 7) is 3.76. The van der Waals surface area contributed by atoms with E-state index in [1.165, 1.54) is 30.1 Å². The summed E-state index contributed by atoms with van der Waals surface area (Å²) >= 11 is 1.24.